The lowest BCUT2D eigenvalue weighted by Gasteiger charge is -2.08. The summed E-state index contributed by atoms with van der Waals surface area (Å²) in [7, 11) is 0. The van der Waals surface area contributed by atoms with Crippen LogP contribution in [0.1, 0.15) is 16.7 Å². The Kier molecular flexibility index (Phi) is 3.96. The molecule has 0 saturated carbocycles. The number of ether oxygens (including phenoxy) is 1. The fraction of sp³-hybridized carbons (Fsp3) is 0.143. The first-order valence-corrected chi connectivity index (χ1v) is 6.23. The summed E-state index contributed by atoms with van der Waals surface area (Å²) in [5, 5.41) is 9.06. The number of rotatable bonds is 3. The molecule has 0 atom stereocenters. The number of halogens is 1. The normalized spacial score (nSPS) is 9.83. The van der Waals surface area contributed by atoms with Crippen molar-refractivity contribution in [1.29, 1.82) is 5.26 Å². The van der Waals surface area contributed by atoms with E-state index < -0.39 is 0 Å². The summed E-state index contributed by atoms with van der Waals surface area (Å²) in [4.78, 5) is 4.09. The number of aromatic nitrogens is 1. The molecule has 0 N–H and O–H groups in total. The number of aryl methyl sites for hydroxylation is 1. The average Bonchev–Trinajstić information content (AvgIpc) is 2.36. The first-order valence-electron chi connectivity index (χ1n) is 5.43. The molecule has 0 amide bonds. The van der Waals surface area contributed by atoms with E-state index in [0.717, 1.165) is 15.6 Å². The lowest BCUT2D eigenvalue weighted by Crippen LogP contribution is -2.00. The van der Waals surface area contributed by atoms with Crippen molar-refractivity contribution in [2.45, 2.75) is 13.5 Å². The van der Waals surface area contributed by atoms with Crippen molar-refractivity contribution in [3.05, 3.63) is 57.7 Å². The monoisotopic (exact) mass is 302 g/mol. The Balaban J connectivity index is 2.16. The van der Waals surface area contributed by atoms with Gasteiger partial charge in [0.05, 0.1) is 0 Å². The molecule has 2 rings (SSSR count). The molecule has 1 aromatic heterocycles. The van der Waals surface area contributed by atoms with Crippen LogP contribution in [0.2, 0.25) is 0 Å². The van der Waals surface area contributed by atoms with Gasteiger partial charge in [-0.25, -0.2) is 4.98 Å². The number of hydrogen-bond donors (Lipinski definition) is 0. The summed E-state index contributed by atoms with van der Waals surface area (Å²) in [5.74, 6) is 0.387. The molecule has 0 saturated heterocycles. The number of nitriles is 1. The van der Waals surface area contributed by atoms with Crippen molar-refractivity contribution in [3.63, 3.8) is 0 Å². The van der Waals surface area contributed by atoms with Crippen molar-refractivity contribution in [2.75, 3.05) is 0 Å². The molecular weight excluding hydrogens is 292 g/mol. The van der Waals surface area contributed by atoms with Gasteiger partial charge in [-0.3, -0.25) is 0 Å². The Labute approximate surface area is 114 Å². The van der Waals surface area contributed by atoms with Gasteiger partial charge >= 0.3 is 0 Å². The van der Waals surface area contributed by atoms with Crippen molar-refractivity contribution < 1.29 is 4.74 Å². The van der Waals surface area contributed by atoms with Gasteiger partial charge in [-0.05, 0) is 36.2 Å². The fourth-order valence-electron chi connectivity index (χ4n) is 1.56. The Morgan fingerprint density at radius 2 is 2.22 bits per heavy atom. The van der Waals surface area contributed by atoms with Crippen LogP contribution < -0.4 is 4.74 Å². The molecule has 0 radical (unpaired) electrons. The Morgan fingerprint density at radius 3 is 2.94 bits per heavy atom. The predicted molar refractivity (Wildman–Crippen MR) is 72.2 cm³/mol. The summed E-state index contributed by atoms with van der Waals surface area (Å²) >= 11 is 3.40. The van der Waals surface area contributed by atoms with Crippen LogP contribution in [-0.4, -0.2) is 4.98 Å². The quantitative estimate of drug-likeness (QED) is 0.870. The molecule has 90 valence electrons. The summed E-state index contributed by atoms with van der Waals surface area (Å²) in [6.45, 7) is 2.26. The van der Waals surface area contributed by atoms with Crippen LogP contribution in [-0.2, 0) is 6.61 Å². The van der Waals surface area contributed by atoms with E-state index in [4.69, 9.17) is 10.00 Å². The van der Waals surface area contributed by atoms with Crippen LogP contribution >= 0.6 is 15.9 Å². The third-order valence-corrected chi connectivity index (χ3v) is 2.99. The predicted octanol–water partition coefficient (Wildman–Crippen LogP) is 3.60. The first kappa shape index (κ1) is 12.6. The highest BCUT2D eigenvalue weighted by atomic mass is 79.9. The van der Waals surface area contributed by atoms with Crippen molar-refractivity contribution in [1.82, 2.24) is 4.98 Å². The molecule has 0 aliphatic rings. The smallest absolute Gasteiger partial charge is 0.232 e. The molecule has 0 fully saturated rings. The number of benzene rings is 1. The highest BCUT2D eigenvalue weighted by molar-refractivity contribution is 9.10. The van der Waals surface area contributed by atoms with Crippen LogP contribution in [0.25, 0.3) is 0 Å². The minimum Gasteiger partial charge on any atom is -0.472 e. The Morgan fingerprint density at radius 1 is 1.39 bits per heavy atom. The van der Waals surface area contributed by atoms with Gasteiger partial charge in [0.2, 0.25) is 5.88 Å². The molecule has 0 unspecified atom stereocenters. The molecule has 0 bridgehead atoms. The molecule has 1 heterocycles. The van der Waals surface area contributed by atoms with Gasteiger partial charge in [0.15, 0.2) is 0 Å². The third kappa shape index (κ3) is 2.88. The third-order valence-electron chi connectivity index (χ3n) is 2.50. The second-order valence-corrected chi connectivity index (χ2v) is 4.75. The first-order chi connectivity index (χ1) is 8.70. The maximum atomic E-state index is 9.06. The van der Waals surface area contributed by atoms with E-state index in [0.29, 0.717) is 18.1 Å². The van der Waals surface area contributed by atoms with E-state index in [1.54, 1.807) is 12.3 Å². The van der Waals surface area contributed by atoms with Crippen molar-refractivity contribution in [3.8, 4) is 11.9 Å². The second kappa shape index (κ2) is 5.65. The van der Waals surface area contributed by atoms with Gasteiger partial charge in [-0.1, -0.05) is 28.1 Å². The lowest BCUT2D eigenvalue weighted by atomic mass is 10.2. The maximum absolute atomic E-state index is 9.06. The summed E-state index contributed by atoms with van der Waals surface area (Å²) in [5.41, 5.74) is 2.39. The zero-order valence-corrected chi connectivity index (χ0v) is 11.4. The number of hydrogen-bond acceptors (Lipinski definition) is 3. The summed E-state index contributed by atoms with van der Waals surface area (Å²) < 4.78 is 6.60. The van der Waals surface area contributed by atoms with Crippen molar-refractivity contribution in [2.24, 2.45) is 0 Å². The van der Waals surface area contributed by atoms with Gasteiger partial charge < -0.3 is 4.74 Å². The van der Waals surface area contributed by atoms with Gasteiger partial charge in [0.1, 0.15) is 18.2 Å². The minimum atomic E-state index is 0.387. The van der Waals surface area contributed by atoms with E-state index in [2.05, 4.69) is 27.0 Å². The Bertz CT molecular complexity index is 605. The molecule has 0 aliphatic carbocycles. The summed E-state index contributed by atoms with van der Waals surface area (Å²) in [6.07, 6.45) is 1.65. The van der Waals surface area contributed by atoms with Crippen LogP contribution in [0.15, 0.2) is 41.0 Å². The standard InChI is InChI=1S/C14H11BrN2O/c1-10-5-6-17-14(13(10)8-16)18-9-11-3-2-4-12(15)7-11/h2-7H,9H2,1H3. The number of pyridine rings is 1. The van der Waals surface area contributed by atoms with Crippen LogP contribution in [0, 0.1) is 18.3 Å². The van der Waals surface area contributed by atoms with Crippen LogP contribution in [0.4, 0.5) is 0 Å². The molecular formula is C14H11BrN2O. The van der Waals surface area contributed by atoms with E-state index in [1.807, 2.05) is 31.2 Å². The molecule has 0 aliphatic heterocycles. The molecule has 18 heavy (non-hydrogen) atoms. The van der Waals surface area contributed by atoms with Crippen molar-refractivity contribution >= 4 is 15.9 Å². The van der Waals surface area contributed by atoms with Crippen LogP contribution in [0.3, 0.4) is 0 Å². The minimum absolute atomic E-state index is 0.387. The molecule has 1 aromatic carbocycles. The zero-order valence-electron chi connectivity index (χ0n) is 9.85. The van der Waals surface area contributed by atoms with Gasteiger partial charge in [0.25, 0.3) is 0 Å². The van der Waals surface area contributed by atoms with E-state index in [-0.39, 0.29) is 0 Å². The second-order valence-electron chi connectivity index (χ2n) is 3.84. The van der Waals surface area contributed by atoms with E-state index in [1.165, 1.54) is 0 Å². The van der Waals surface area contributed by atoms with E-state index in [9.17, 15) is 0 Å². The molecule has 2 aromatic rings. The zero-order chi connectivity index (χ0) is 13.0. The summed E-state index contributed by atoms with van der Waals surface area (Å²) in [6, 6.07) is 11.7. The van der Waals surface area contributed by atoms with Gasteiger partial charge in [-0.15, -0.1) is 0 Å². The highest BCUT2D eigenvalue weighted by Gasteiger charge is 2.07. The molecule has 4 heteroatoms. The average molecular weight is 303 g/mol. The largest absolute Gasteiger partial charge is 0.472 e. The lowest BCUT2D eigenvalue weighted by molar-refractivity contribution is 0.292. The molecule has 3 nitrogen and oxygen atoms in total. The Hall–Kier alpha value is -1.86. The molecule has 0 spiro atoms. The maximum Gasteiger partial charge on any atom is 0.232 e. The van der Waals surface area contributed by atoms with Crippen LogP contribution in [0.5, 0.6) is 5.88 Å². The fourth-order valence-corrected chi connectivity index (χ4v) is 2.00. The highest BCUT2D eigenvalue weighted by Crippen LogP contribution is 2.19. The number of nitrogens with zero attached hydrogens (tertiary/aromatic N) is 2. The van der Waals surface area contributed by atoms with Gasteiger partial charge in [-0.2, -0.15) is 5.26 Å². The van der Waals surface area contributed by atoms with E-state index >= 15 is 0 Å². The SMILES string of the molecule is Cc1ccnc(OCc2cccc(Br)c2)c1C#N. The topological polar surface area (TPSA) is 45.9 Å². The van der Waals surface area contributed by atoms with Gasteiger partial charge in [0, 0.05) is 10.7 Å².